The minimum atomic E-state index is -0.0641. The van der Waals surface area contributed by atoms with Crippen LogP contribution in [-0.2, 0) is 4.79 Å². The Bertz CT molecular complexity index is 529. The second kappa shape index (κ2) is 5.80. The van der Waals surface area contributed by atoms with Gasteiger partial charge in [-0.3, -0.25) is 9.69 Å². The van der Waals surface area contributed by atoms with Crippen molar-refractivity contribution in [1.29, 1.82) is 0 Å². The van der Waals surface area contributed by atoms with Gasteiger partial charge in [0.25, 0.3) is 0 Å². The number of nitrogens with zero attached hydrogens (tertiary/aromatic N) is 2. The van der Waals surface area contributed by atoms with E-state index < -0.39 is 0 Å². The lowest BCUT2D eigenvalue weighted by Gasteiger charge is -2.17. The number of carbonyl (C=O) groups is 1. The summed E-state index contributed by atoms with van der Waals surface area (Å²) in [5.41, 5.74) is 0.594. The fourth-order valence-electron chi connectivity index (χ4n) is 1.79. The number of aliphatic imine (C=N–C) groups is 1. The molecule has 1 aliphatic heterocycles. The summed E-state index contributed by atoms with van der Waals surface area (Å²) in [6, 6.07) is 5.08. The van der Waals surface area contributed by atoms with Crippen molar-refractivity contribution < 1.29 is 4.79 Å². The van der Waals surface area contributed by atoms with E-state index >= 15 is 0 Å². The lowest BCUT2D eigenvalue weighted by molar-refractivity contribution is -0.130. The Kier molecular flexibility index (Phi) is 4.32. The fraction of sp³-hybridized carbons (Fsp3) is 0.385. The number of nitrogens with one attached hydrogen (secondary N) is 1. The zero-order valence-electron chi connectivity index (χ0n) is 10.8. The lowest BCUT2D eigenvalue weighted by atomic mass is 10.2. The van der Waals surface area contributed by atoms with E-state index in [9.17, 15) is 4.79 Å². The Hall–Kier alpha value is -1.26. The Morgan fingerprint density at radius 2 is 2.16 bits per heavy atom. The number of carbonyl (C=O) groups excluding carboxylic acids is 1. The van der Waals surface area contributed by atoms with Crippen molar-refractivity contribution in [1.82, 2.24) is 10.2 Å². The summed E-state index contributed by atoms with van der Waals surface area (Å²) in [6.45, 7) is 5.06. The number of rotatable bonds is 2. The van der Waals surface area contributed by atoms with Crippen LogP contribution in [-0.4, -0.2) is 29.9 Å². The van der Waals surface area contributed by atoms with Gasteiger partial charge >= 0.3 is 0 Å². The number of halogens is 2. The molecule has 1 aromatic carbocycles. The molecule has 1 saturated heterocycles. The molecular formula is C13H15Cl2N3O. The van der Waals surface area contributed by atoms with E-state index in [1.165, 1.54) is 0 Å². The van der Waals surface area contributed by atoms with Crippen LogP contribution >= 0.6 is 23.2 Å². The standard InChI is InChI=1S/C13H15Cl2N3O/c1-8(2)12(19)18-6-5-16-13(18)17-11-4-3-9(14)7-10(11)15/h3-4,7-8H,5-6H2,1-2H3,(H,16,17). The van der Waals surface area contributed by atoms with Gasteiger partial charge in [0.1, 0.15) is 0 Å². The summed E-state index contributed by atoms with van der Waals surface area (Å²) in [5.74, 6) is 0.530. The Morgan fingerprint density at radius 3 is 2.79 bits per heavy atom. The van der Waals surface area contributed by atoms with Crippen LogP contribution in [0.25, 0.3) is 0 Å². The first-order chi connectivity index (χ1) is 8.99. The summed E-state index contributed by atoms with van der Waals surface area (Å²) in [4.78, 5) is 18.1. The van der Waals surface area contributed by atoms with Crippen molar-refractivity contribution in [2.75, 3.05) is 13.1 Å². The maximum atomic E-state index is 12.0. The zero-order valence-corrected chi connectivity index (χ0v) is 12.3. The monoisotopic (exact) mass is 299 g/mol. The van der Waals surface area contributed by atoms with Gasteiger partial charge in [-0.1, -0.05) is 37.0 Å². The fourth-order valence-corrected chi connectivity index (χ4v) is 2.24. The van der Waals surface area contributed by atoms with Crippen molar-refractivity contribution in [3.8, 4) is 0 Å². The molecule has 1 fully saturated rings. The molecule has 0 aliphatic carbocycles. The Balaban J connectivity index is 2.29. The number of benzene rings is 1. The van der Waals surface area contributed by atoms with E-state index in [2.05, 4.69) is 10.3 Å². The normalized spacial score (nSPS) is 17.1. The largest absolute Gasteiger partial charge is 0.354 e. The van der Waals surface area contributed by atoms with Gasteiger partial charge in [-0.15, -0.1) is 0 Å². The molecule has 1 aromatic rings. The van der Waals surface area contributed by atoms with Crippen LogP contribution in [0.3, 0.4) is 0 Å². The molecule has 1 aliphatic rings. The van der Waals surface area contributed by atoms with Gasteiger partial charge in [0.2, 0.25) is 11.9 Å². The van der Waals surface area contributed by atoms with E-state index in [0.717, 1.165) is 0 Å². The summed E-state index contributed by atoms with van der Waals surface area (Å²) in [5, 5.41) is 4.12. The second-order valence-corrected chi connectivity index (χ2v) is 5.45. The predicted molar refractivity (Wildman–Crippen MR) is 78.1 cm³/mol. The van der Waals surface area contributed by atoms with Crippen molar-refractivity contribution in [3.05, 3.63) is 28.2 Å². The van der Waals surface area contributed by atoms with Gasteiger partial charge in [-0.25, -0.2) is 4.99 Å². The van der Waals surface area contributed by atoms with E-state index in [0.29, 0.717) is 34.8 Å². The van der Waals surface area contributed by atoms with Gasteiger partial charge < -0.3 is 5.32 Å². The first kappa shape index (κ1) is 14.2. The average molecular weight is 300 g/mol. The first-order valence-corrected chi connectivity index (χ1v) is 6.83. The minimum Gasteiger partial charge on any atom is -0.354 e. The van der Waals surface area contributed by atoms with Crippen molar-refractivity contribution >= 4 is 40.8 Å². The number of hydrogen-bond donors (Lipinski definition) is 1. The van der Waals surface area contributed by atoms with Gasteiger partial charge in [0.15, 0.2) is 0 Å². The highest BCUT2D eigenvalue weighted by atomic mass is 35.5. The maximum Gasteiger partial charge on any atom is 0.231 e. The summed E-state index contributed by atoms with van der Waals surface area (Å²) >= 11 is 11.9. The molecular weight excluding hydrogens is 285 g/mol. The van der Waals surface area contributed by atoms with Crippen molar-refractivity contribution in [3.63, 3.8) is 0 Å². The van der Waals surface area contributed by atoms with Gasteiger partial charge in [-0.05, 0) is 18.2 Å². The lowest BCUT2D eigenvalue weighted by Crippen LogP contribution is -2.38. The average Bonchev–Trinajstić information content (AvgIpc) is 2.79. The highest BCUT2D eigenvalue weighted by Crippen LogP contribution is 2.28. The van der Waals surface area contributed by atoms with E-state index in [-0.39, 0.29) is 11.8 Å². The van der Waals surface area contributed by atoms with Gasteiger partial charge in [0, 0.05) is 24.0 Å². The minimum absolute atomic E-state index is 0.0498. The molecule has 4 nitrogen and oxygen atoms in total. The Morgan fingerprint density at radius 1 is 1.42 bits per heavy atom. The third-order valence-electron chi connectivity index (χ3n) is 2.77. The molecule has 0 unspecified atom stereocenters. The zero-order chi connectivity index (χ0) is 14.0. The molecule has 0 aromatic heterocycles. The molecule has 1 heterocycles. The highest BCUT2D eigenvalue weighted by Gasteiger charge is 2.26. The number of guanidine groups is 1. The van der Waals surface area contributed by atoms with Crippen molar-refractivity contribution in [2.45, 2.75) is 13.8 Å². The van der Waals surface area contributed by atoms with Crippen LogP contribution in [0, 0.1) is 5.92 Å². The molecule has 0 radical (unpaired) electrons. The molecule has 0 atom stereocenters. The number of amides is 1. The SMILES string of the molecule is CC(C)C(=O)N1CCN/C1=N\c1ccc(Cl)cc1Cl. The molecule has 0 saturated carbocycles. The van der Waals surface area contributed by atoms with Crippen molar-refractivity contribution in [2.24, 2.45) is 10.9 Å². The Labute approximate surface area is 122 Å². The highest BCUT2D eigenvalue weighted by molar-refractivity contribution is 6.36. The molecule has 102 valence electrons. The van der Waals surface area contributed by atoms with Crippen LogP contribution in [0.1, 0.15) is 13.8 Å². The first-order valence-electron chi connectivity index (χ1n) is 6.08. The molecule has 0 spiro atoms. The summed E-state index contributed by atoms with van der Waals surface area (Å²) in [7, 11) is 0. The van der Waals surface area contributed by atoms with Gasteiger partial charge in [0.05, 0.1) is 10.7 Å². The molecule has 1 amide bonds. The van der Waals surface area contributed by atoms with Crippen LogP contribution in [0.2, 0.25) is 10.0 Å². The molecule has 6 heteroatoms. The van der Waals surface area contributed by atoms with Crippen LogP contribution in [0.5, 0.6) is 0 Å². The van der Waals surface area contributed by atoms with Gasteiger partial charge in [-0.2, -0.15) is 0 Å². The third kappa shape index (κ3) is 3.19. The van der Waals surface area contributed by atoms with E-state index in [4.69, 9.17) is 23.2 Å². The molecule has 19 heavy (non-hydrogen) atoms. The molecule has 1 N–H and O–H groups in total. The summed E-state index contributed by atoms with van der Waals surface area (Å²) < 4.78 is 0. The smallest absolute Gasteiger partial charge is 0.231 e. The van der Waals surface area contributed by atoms with Crippen LogP contribution in [0.4, 0.5) is 5.69 Å². The van der Waals surface area contributed by atoms with Crippen LogP contribution in [0.15, 0.2) is 23.2 Å². The van der Waals surface area contributed by atoms with Crippen LogP contribution < -0.4 is 5.32 Å². The van der Waals surface area contributed by atoms with E-state index in [1.54, 1.807) is 23.1 Å². The van der Waals surface area contributed by atoms with E-state index in [1.807, 2.05) is 13.8 Å². The molecule has 2 rings (SSSR count). The topological polar surface area (TPSA) is 44.7 Å². The predicted octanol–water partition coefficient (Wildman–Crippen LogP) is 3.07. The molecule has 0 bridgehead atoms. The summed E-state index contributed by atoms with van der Waals surface area (Å²) in [6.07, 6.45) is 0. The number of hydrogen-bond acceptors (Lipinski definition) is 2. The second-order valence-electron chi connectivity index (χ2n) is 4.60. The third-order valence-corrected chi connectivity index (χ3v) is 3.31. The maximum absolute atomic E-state index is 12.0. The quantitative estimate of drug-likeness (QED) is 0.912.